The topological polar surface area (TPSA) is 80.4 Å². The van der Waals surface area contributed by atoms with Gasteiger partial charge in [-0.3, -0.25) is 4.79 Å². The first-order chi connectivity index (χ1) is 16.6. The van der Waals surface area contributed by atoms with Gasteiger partial charge in [0.1, 0.15) is 23.1 Å². The van der Waals surface area contributed by atoms with Gasteiger partial charge < -0.3 is 14.4 Å². The number of morpholine rings is 1. The molecular formula is C27H28N4O3. The Morgan fingerprint density at radius 2 is 1.97 bits per heavy atom. The van der Waals surface area contributed by atoms with Crippen molar-refractivity contribution in [3.63, 3.8) is 0 Å². The lowest BCUT2D eigenvalue weighted by atomic mass is 10.0. The number of nitriles is 1. The number of hydrogen-bond donors (Lipinski definition) is 0. The highest BCUT2D eigenvalue weighted by Crippen LogP contribution is 2.30. The van der Waals surface area contributed by atoms with Crippen LogP contribution >= 0.6 is 0 Å². The van der Waals surface area contributed by atoms with Gasteiger partial charge in [0.25, 0.3) is 5.91 Å². The summed E-state index contributed by atoms with van der Waals surface area (Å²) >= 11 is 0. The van der Waals surface area contributed by atoms with Crippen LogP contribution in [0.4, 0.5) is 0 Å². The molecule has 1 amide bonds. The molecule has 1 fully saturated rings. The molecule has 1 aromatic heterocycles. The molecule has 1 saturated heterocycles. The second kappa shape index (κ2) is 10.8. The van der Waals surface area contributed by atoms with Gasteiger partial charge in [-0.15, -0.1) is 0 Å². The lowest BCUT2D eigenvalue weighted by molar-refractivity contribution is -0.130. The molecule has 174 valence electrons. The van der Waals surface area contributed by atoms with E-state index in [-0.39, 0.29) is 11.5 Å². The molecule has 7 nitrogen and oxygen atoms in total. The summed E-state index contributed by atoms with van der Waals surface area (Å²) in [5, 5.41) is 14.6. The molecule has 0 aliphatic carbocycles. The molecule has 0 atom stereocenters. The summed E-state index contributed by atoms with van der Waals surface area (Å²) in [6.45, 7) is 6.65. The van der Waals surface area contributed by atoms with Crippen molar-refractivity contribution in [2.24, 2.45) is 0 Å². The number of benzene rings is 2. The van der Waals surface area contributed by atoms with Crippen molar-refractivity contribution >= 4 is 12.0 Å². The summed E-state index contributed by atoms with van der Waals surface area (Å²) in [7, 11) is 0. The third-order valence-corrected chi connectivity index (χ3v) is 5.62. The first kappa shape index (κ1) is 23.3. The molecule has 0 bridgehead atoms. The third-order valence-electron chi connectivity index (χ3n) is 5.62. The number of carbonyl (C=O) groups is 1. The number of para-hydroxylation sites is 1. The second-order valence-corrected chi connectivity index (χ2v) is 8.12. The van der Waals surface area contributed by atoms with E-state index in [1.54, 1.807) is 15.7 Å². The van der Waals surface area contributed by atoms with E-state index < -0.39 is 0 Å². The van der Waals surface area contributed by atoms with Crippen LogP contribution in [0.2, 0.25) is 0 Å². The van der Waals surface area contributed by atoms with Gasteiger partial charge in [-0.05, 0) is 55.3 Å². The lowest BCUT2D eigenvalue weighted by Crippen LogP contribution is -2.41. The number of aryl methyl sites for hydroxylation is 1. The fourth-order valence-corrected chi connectivity index (χ4v) is 3.84. The van der Waals surface area contributed by atoms with E-state index in [9.17, 15) is 10.1 Å². The zero-order chi connectivity index (χ0) is 23.9. The lowest BCUT2D eigenvalue weighted by Gasteiger charge is -2.26. The quantitative estimate of drug-likeness (QED) is 0.389. The minimum absolute atomic E-state index is 0.0791. The van der Waals surface area contributed by atoms with Crippen LogP contribution in [-0.2, 0) is 9.53 Å². The van der Waals surface area contributed by atoms with E-state index in [1.807, 2.05) is 61.7 Å². The summed E-state index contributed by atoms with van der Waals surface area (Å²) in [5.74, 6) is 0.550. The van der Waals surface area contributed by atoms with Gasteiger partial charge in [-0.25, -0.2) is 4.68 Å². The Balaban J connectivity index is 1.76. The number of hydrogen-bond acceptors (Lipinski definition) is 5. The van der Waals surface area contributed by atoms with Crippen LogP contribution in [0.3, 0.4) is 0 Å². The maximum Gasteiger partial charge on any atom is 0.264 e. The third kappa shape index (κ3) is 5.19. The molecule has 7 heteroatoms. The molecule has 0 saturated carbocycles. The minimum Gasteiger partial charge on any atom is -0.493 e. The van der Waals surface area contributed by atoms with Gasteiger partial charge in [0.05, 0.1) is 25.5 Å². The summed E-state index contributed by atoms with van der Waals surface area (Å²) in [4.78, 5) is 14.6. The summed E-state index contributed by atoms with van der Waals surface area (Å²) in [6, 6.07) is 17.8. The predicted molar refractivity (Wildman–Crippen MR) is 131 cm³/mol. The second-order valence-electron chi connectivity index (χ2n) is 8.12. The molecule has 4 rings (SSSR count). The average molecular weight is 457 g/mol. The first-order valence-electron chi connectivity index (χ1n) is 11.5. The Labute approximate surface area is 199 Å². The smallest absolute Gasteiger partial charge is 0.264 e. The molecule has 2 aromatic carbocycles. The number of aromatic nitrogens is 2. The number of nitrogens with zero attached hydrogens (tertiary/aromatic N) is 4. The van der Waals surface area contributed by atoms with Crippen LogP contribution in [0.25, 0.3) is 23.0 Å². The molecular weight excluding hydrogens is 428 g/mol. The number of carbonyl (C=O) groups excluding carboxylic acids is 1. The zero-order valence-corrected chi connectivity index (χ0v) is 19.5. The van der Waals surface area contributed by atoms with Crippen LogP contribution in [-0.4, -0.2) is 53.5 Å². The Morgan fingerprint density at radius 3 is 2.65 bits per heavy atom. The van der Waals surface area contributed by atoms with E-state index in [0.717, 1.165) is 29.0 Å². The molecule has 0 spiro atoms. The van der Waals surface area contributed by atoms with E-state index >= 15 is 0 Å². The zero-order valence-electron chi connectivity index (χ0n) is 19.5. The Morgan fingerprint density at radius 1 is 1.21 bits per heavy atom. The highest BCUT2D eigenvalue weighted by atomic mass is 16.5. The largest absolute Gasteiger partial charge is 0.493 e. The molecule has 2 heterocycles. The average Bonchev–Trinajstić information content (AvgIpc) is 3.31. The van der Waals surface area contributed by atoms with Crippen molar-refractivity contribution in [3.05, 3.63) is 71.4 Å². The molecule has 0 unspecified atom stereocenters. The van der Waals surface area contributed by atoms with Gasteiger partial charge in [0.15, 0.2) is 0 Å². The highest BCUT2D eigenvalue weighted by molar-refractivity contribution is 6.02. The van der Waals surface area contributed by atoms with E-state index in [1.165, 1.54) is 0 Å². The molecule has 0 radical (unpaired) electrons. The van der Waals surface area contributed by atoms with Gasteiger partial charge >= 0.3 is 0 Å². The van der Waals surface area contributed by atoms with Gasteiger partial charge in [-0.1, -0.05) is 25.1 Å². The molecule has 1 aliphatic heterocycles. The van der Waals surface area contributed by atoms with Crippen molar-refractivity contribution in [2.75, 3.05) is 32.9 Å². The van der Waals surface area contributed by atoms with Crippen molar-refractivity contribution in [1.82, 2.24) is 14.7 Å². The Bertz CT molecular complexity index is 1220. The number of rotatable bonds is 7. The first-order valence-corrected chi connectivity index (χ1v) is 11.5. The molecule has 3 aromatic rings. The van der Waals surface area contributed by atoms with Crippen molar-refractivity contribution in [3.8, 4) is 28.8 Å². The normalized spacial score (nSPS) is 14.0. The highest BCUT2D eigenvalue weighted by Gasteiger charge is 2.22. The number of ether oxygens (including phenoxy) is 2. The molecule has 0 N–H and O–H groups in total. The minimum atomic E-state index is -0.288. The maximum absolute atomic E-state index is 13.0. The summed E-state index contributed by atoms with van der Waals surface area (Å²) in [5.41, 5.74) is 4.25. The van der Waals surface area contributed by atoms with E-state index in [4.69, 9.17) is 14.6 Å². The predicted octanol–water partition coefficient (Wildman–Crippen LogP) is 4.40. The van der Waals surface area contributed by atoms with E-state index in [0.29, 0.717) is 44.2 Å². The van der Waals surface area contributed by atoms with Gasteiger partial charge in [-0.2, -0.15) is 10.4 Å². The monoisotopic (exact) mass is 456 g/mol. The van der Waals surface area contributed by atoms with Gasteiger partial charge in [0.2, 0.25) is 0 Å². The van der Waals surface area contributed by atoms with Crippen LogP contribution in [0, 0.1) is 18.3 Å². The standard InChI is InChI=1S/C27H28N4O3/c1-3-13-34-25-10-9-21(16-20(25)2)26-23(19-31(29-26)24-7-5-4-6-8-24)17-22(18-28)27(32)30-11-14-33-15-12-30/h4-10,16-17,19H,3,11-15H2,1-2H3. The van der Waals surface area contributed by atoms with Crippen LogP contribution in [0.5, 0.6) is 5.75 Å². The molecule has 1 aliphatic rings. The number of amides is 1. The SMILES string of the molecule is CCCOc1ccc(-c2nn(-c3ccccc3)cc2C=C(C#N)C(=O)N2CCOCC2)cc1C. The summed E-state index contributed by atoms with van der Waals surface area (Å²) in [6.07, 6.45) is 4.42. The Kier molecular flexibility index (Phi) is 7.41. The van der Waals surface area contributed by atoms with Crippen molar-refractivity contribution in [2.45, 2.75) is 20.3 Å². The van der Waals surface area contributed by atoms with Crippen molar-refractivity contribution in [1.29, 1.82) is 5.26 Å². The van der Waals surface area contributed by atoms with Crippen LogP contribution in [0.15, 0.2) is 60.3 Å². The molecule has 34 heavy (non-hydrogen) atoms. The van der Waals surface area contributed by atoms with E-state index in [2.05, 4.69) is 13.0 Å². The fraction of sp³-hybridized carbons (Fsp3) is 0.296. The summed E-state index contributed by atoms with van der Waals surface area (Å²) < 4.78 is 12.9. The van der Waals surface area contributed by atoms with Gasteiger partial charge in [0, 0.05) is 30.4 Å². The van der Waals surface area contributed by atoms with Crippen molar-refractivity contribution < 1.29 is 14.3 Å². The fourth-order valence-electron chi connectivity index (χ4n) is 3.84. The van der Waals surface area contributed by atoms with Crippen LogP contribution < -0.4 is 4.74 Å². The van der Waals surface area contributed by atoms with Crippen LogP contribution in [0.1, 0.15) is 24.5 Å². The maximum atomic E-state index is 13.0. The Hall–Kier alpha value is -3.89.